The Morgan fingerprint density at radius 3 is 2.36 bits per heavy atom. The molecular formula is C15H19NO7S2. The number of ether oxygens (including phenoxy) is 1. The fourth-order valence-electron chi connectivity index (χ4n) is 2.29. The highest BCUT2D eigenvalue weighted by Gasteiger charge is 2.15. The van der Waals surface area contributed by atoms with Crippen LogP contribution in [0.3, 0.4) is 0 Å². The van der Waals surface area contributed by atoms with Crippen LogP contribution in [-0.4, -0.2) is 45.3 Å². The van der Waals surface area contributed by atoms with Gasteiger partial charge >= 0.3 is 0 Å². The van der Waals surface area contributed by atoms with Crippen LogP contribution in [0.5, 0.6) is 5.75 Å². The first kappa shape index (κ1) is 19.4. The Balaban J connectivity index is 2.28. The molecule has 10 heteroatoms. The van der Waals surface area contributed by atoms with E-state index in [0.29, 0.717) is 17.2 Å². The molecule has 8 nitrogen and oxygen atoms in total. The Kier molecular flexibility index (Phi) is 5.88. The Bertz CT molecular complexity index is 969. The minimum absolute atomic E-state index is 0.128. The van der Waals surface area contributed by atoms with Crippen LogP contribution in [0.2, 0.25) is 0 Å². The van der Waals surface area contributed by atoms with E-state index in [1.165, 1.54) is 12.1 Å². The van der Waals surface area contributed by atoms with E-state index in [4.69, 9.17) is 9.29 Å². The number of unbranched alkanes of at least 4 members (excludes halogenated alkanes) is 1. The molecule has 2 aromatic carbocycles. The van der Waals surface area contributed by atoms with Crippen molar-refractivity contribution in [3.8, 4) is 5.75 Å². The van der Waals surface area contributed by atoms with Gasteiger partial charge in [0.15, 0.2) is 0 Å². The summed E-state index contributed by atoms with van der Waals surface area (Å²) in [5.74, 6) is -0.111. The number of hydrogen-bond donors (Lipinski definition) is 3. The van der Waals surface area contributed by atoms with Crippen LogP contribution in [-0.2, 0) is 20.2 Å². The van der Waals surface area contributed by atoms with Gasteiger partial charge in [0, 0.05) is 24.2 Å². The lowest BCUT2D eigenvalue weighted by Crippen LogP contribution is -2.07. The molecular weight excluding hydrogens is 370 g/mol. The van der Waals surface area contributed by atoms with Gasteiger partial charge in [-0.15, -0.1) is 0 Å². The van der Waals surface area contributed by atoms with Crippen LogP contribution in [0.15, 0.2) is 35.2 Å². The van der Waals surface area contributed by atoms with Crippen LogP contribution in [0.25, 0.3) is 10.8 Å². The maximum Gasteiger partial charge on any atom is 0.294 e. The van der Waals surface area contributed by atoms with Crippen LogP contribution >= 0.6 is 0 Å². The number of rotatable bonds is 8. The molecule has 0 heterocycles. The summed E-state index contributed by atoms with van der Waals surface area (Å²) < 4.78 is 67.8. The monoisotopic (exact) mass is 389 g/mol. The smallest absolute Gasteiger partial charge is 0.294 e. The van der Waals surface area contributed by atoms with Gasteiger partial charge in [0.1, 0.15) is 5.75 Å². The molecule has 0 unspecified atom stereocenters. The number of anilines is 1. The molecule has 0 saturated heterocycles. The Labute approximate surface area is 146 Å². The maximum atomic E-state index is 11.4. The van der Waals surface area contributed by atoms with Crippen molar-refractivity contribution >= 4 is 36.7 Å². The van der Waals surface area contributed by atoms with Gasteiger partial charge in [-0.3, -0.25) is 9.11 Å². The highest BCUT2D eigenvalue weighted by molar-refractivity contribution is 7.86. The van der Waals surface area contributed by atoms with Gasteiger partial charge in [-0.1, -0.05) is 6.07 Å². The van der Waals surface area contributed by atoms with Gasteiger partial charge in [0.2, 0.25) is 0 Å². The zero-order valence-corrected chi connectivity index (χ0v) is 15.1. The normalized spacial score (nSPS) is 12.3. The van der Waals surface area contributed by atoms with Gasteiger partial charge in [-0.25, -0.2) is 0 Å². The second kappa shape index (κ2) is 7.56. The molecule has 0 radical (unpaired) electrons. The molecule has 0 saturated carbocycles. The molecule has 0 spiro atoms. The summed E-state index contributed by atoms with van der Waals surface area (Å²) in [6.07, 6.45) is 0.555. The van der Waals surface area contributed by atoms with E-state index in [2.05, 4.69) is 5.32 Å². The van der Waals surface area contributed by atoms with Crippen LogP contribution in [0, 0.1) is 0 Å². The summed E-state index contributed by atoms with van der Waals surface area (Å²) in [6, 6.07) is 7.79. The third kappa shape index (κ3) is 5.56. The molecule has 0 bridgehead atoms. The summed E-state index contributed by atoms with van der Waals surface area (Å²) in [6.45, 7) is 0.128. The van der Waals surface area contributed by atoms with Gasteiger partial charge in [-0.2, -0.15) is 16.8 Å². The Morgan fingerprint density at radius 1 is 1.04 bits per heavy atom. The molecule has 0 aliphatic carbocycles. The zero-order valence-electron chi connectivity index (χ0n) is 13.5. The molecule has 25 heavy (non-hydrogen) atoms. The quantitative estimate of drug-likeness (QED) is 0.463. The first-order valence-electron chi connectivity index (χ1n) is 7.41. The van der Waals surface area contributed by atoms with E-state index < -0.39 is 20.2 Å². The highest BCUT2D eigenvalue weighted by Crippen LogP contribution is 2.32. The van der Waals surface area contributed by atoms with Crippen molar-refractivity contribution in [3.05, 3.63) is 30.3 Å². The van der Waals surface area contributed by atoms with Gasteiger partial charge < -0.3 is 10.1 Å². The lowest BCUT2D eigenvalue weighted by atomic mass is 10.1. The van der Waals surface area contributed by atoms with Gasteiger partial charge in [0.05, 0.1) is 17.3 Å². The Hall–Kier alpha value is -1.88. The van der Waals surface area contributed by atoms with E-state index in [-0.39, 0.29) is 29.4 Å². The van der Waals surface area contributed by atoms with Crippen LogP contribution in [0.4, 0.5) is 5.69 Å². The lowest BCUT2D eigenvalue weighted by molar-refractivity contribution is 0.311. The molecule has 2 rings (SSSR count). The van der Waals surface area contributed by atoms with Crippen molar-refractivity contribution in [2.24, 2.45) is 0 Å². The maximum absolute atomic E-state index is 11.4. The molecule has 3 N–H and O–H groups in total. The number of fused-ring (bicyclic) bond motifs is 1. The van der Waals surface area contributed by atoms with Crippen molar-refractivity contribution in [3.63, 3.8) is 0 Å². The fourth-order valence-corrected chi connectivity index (χ4v) is 3.39. The molecule has 2 aromatic rings. The second-order valence-electron chi connectivity index (χ2n) is 5.42. The third-order valence-electron chi connectivity index (χ3n) is 3.53. The van der Waals surface area contributed by atoms with Crippen molar-refractivity contribution < 1.29 is 30.7 Å². The summed E-state index contributed by atoms with van der Waals surface area (Å²) in [5.41, 5.74) is 0.795. The van der Waals surface area contributed by atoms with E-state index >= 15 is 0 Å². The average molecular weight is 389 g/mol. The zero-order chi connectivity index (χ0) is 18.7. The molecule has 0 aromatic heterocycles. The third-order valence-corrected chi connectivity index (χ3v) is 5.17. The number of benzene rings is 2. The summed E-state index contributed by atoms with van der Waals surface area (Å²) in [4.78, 5) is -0.287. The largest absolute Gasteiger partial charge is 0.493 e. The predicted molar refractivity (Wildman–Crippen MR) is 94.5 cm³/mol. The highest BCUT2D eigenvalue weighted by atomic mass is 32.2. The number of hydrogen-bond acceptors (Lipinski definition) is 6. The van der Waals surface area contributed by atoms with E-state index in [1.54, 1.807) is 25.2 Å². The van der Waals surface area contributed by atoms with Crippen LogP contribution in [0.1, 0.15) is 12.8 Å². The minimum Gasteiger partial charge on any atom is -0.493 e. The van der Waals surface area contributed by atoms with Crippen molar-refractivity contribution in [2.75, 3.05) is 24.7 Å². The van der Waals surface area contributed by atoms with Gasteiger partial charge in [-0.05, 0) is 36.4 Å². The first-order valence-corrected chi connectivity index (χ1v) is 10.5. The van der Waals surface area contributed by atoms with E-state index in [1.807, 2.05) is 0 Å². The second-order valence-corrected chi connectivity index (χ2v) is 8.42. The lowest BCUT2D eigenvalue weighted by Gasteiger charge is -2.12. The first-order chi connectivity index (χ1) is 11.6. The SMILES string of the molecule is CNc1ccc2cc(S(=O)(=O)O)cc(OCCCCS(=O)(=O)O)c2c1. The fraction of sp³-hybridized carbons (Fsp3) is 0.333. The van der Waals surface area contributed by atoms with Gasteiger partial charge in [0.25, 0.3) is 20.2 Å². The van der Waals surface area contributed by atoms with Crippen molar-refractivity contribution in [1.82, 2.24) is 0 Å². The predicted octanol–water partition coefficient (Wildman–Crippen LogP) is 2.17. The average Bonchev–Trinajstić information content (AvgIpc) is 2.51. The topological polar surface area (TPSA) is 130 Å². The molecule has 0 atom stereocenters. The summed E-state index contributed by atoms with van der Waals surface area (Å²) in [7, 11) is -6.67. The van der Waals surface area contributed by atoms with E-state index in [0.717, 1.165) is 5.69 Å². The standard InChI is InChI=1S/C15H19NO7S2/c1-16-12-5-4-11-8-13(25(20,21)22)10-15(14(11)9-12)23-6-2-3-7-24(17,18)19/h4-5,8-10,16H,2-3,6-7H2,1H3,(H,17,18,19)(H,20,21,22). The molecule has 0 amide bonds. The molecule has 0 fully saturated rings. The van der Waals surface area contributed by atoms with E-state index in [9.17, 15) is 21.4 Å². The minimum atomic E-state index is -4.40. The molecule has 138 valence electrons. The molecule has 0 aliphatic heterocycles. The summed E-state index contributed by atoms with van der Waals surface area (Å²) in [5, 5.41) is 4.19. The van der Waals surface area contributed by atoms with Crippen LogP contribution < -0.4 is 10.1 Å². The van der Waals surface area contributed by atoms with Crippen molar-refractivity contribution in [2.45, 2.75) is 17.7 Å². The number of nitrogens with one attached hydrogen (secondary N) is 1. The molecule has 0 aliphatic rings. The summed E-state index contributed by atoms with van der Waals surface area (Å²) >= 11 is 0. The Morgan fingerprint density at radius 2 is 1.76 bits per heavy atom. The van der Waals surface area contributed by atoms with Crippen molar-refractivity contribution in [1.29, 1.82) is 0 Å².